The zero-order valence-corrected chi connectivity index (χ0v) is 40.3. The summed E-state index contributed by atoms with van der Waals surface area (Å²) in [5, 5.41) is 0. The molecule has 12 aliphatic rings. The fourth-order valence-corrected chi connectivity index (χ4v) is 17.1. The first kappa shape index (κ1) is 46.4. The van der Waals surface area contributed by atoms with Crippen LogP contribution in [0.1, 0.15) is 170 Å². The summed E-state index contributed by atoms with van der Waals surface area (Å²) in [5.41, 5.74) is 0. The molecule has 22 atom stereocenters. The molecular formula is C60H96. The second-order valence-corrected chi connectivity index (χ2v) is 24.1. The molecule has 0 aliphatic heterocycles. The van der Waals surface area contributed by atoms with E-state index in [4.69, 9.17) is 0 Å². The van der Waals surface area contributed by atoms with E-state index >= 15 is 0 Å². The van der Waals surface area contributed by atoms with Crippen molar-refractivity contribution in [1.82, 2.24) is 0 Å². The fraction of sp³-hybridized carbons (Fsp3) is 0.800. The van der Waals surface area contributed by atoms with Crippen molar-refractivity contribution in [2.75, 3.05) is 0 Å². The molecule has 10 saturated carbocycles. The zero-order valence-electron chi connectivity index (χ0n) is 40.3. The standard InChI is InChI=1S/6C10H16/c2*1-3-9-5-8-4-7(2)10(9)6-8;2*1-3-8-5-9-6-10(8)4-7(9)2;2*1-2-3-9-6-8-4-5-10(9)7-8/h4*3,7-10H,1,4-6H2,2H3;2*4-5,8-10H,2-3,6-7H2,1H3. The van der Waals surface area contributed by atoms with Gasteiger partial charge in [0, 0.05) is 0 Å². The van der Waals surface area contributed by atoms with Gasteiger partial charge >= 0.3 is 0 Å². The van der Waals surface area contributed by atoms with Crippen molar-refractivity contribution in [3.8, 4) is 0 Å². The molecule has 0 nitrogen and oxygen atoms in total. The van der Waals surface area contributed by atoms with Crippen LogP contribution in [0, 0.1) is 130 Å². The lowest BCUT2D eigenvalue weighted by Gasteiger charge is -2.23. The number of hydrogen-bond acceptors (Lipinski definition) is 0. The van der Waals surface area contributed by atoms with Crippen LogP contribution >= 0.6 is 0 Å². The largest absolute Gasteiger partial charge is 0.103 e. The molecule has 0 N–H and O–H groups in total. The molecule has 0 amide bonds. The van der Waals surface area contributed by atoms with Crippen LogP contribution in [-0.2, 0) is 0 Å². The summed E-state index contributed by atoms with van der Waals surface area (Å²) in [6.07, 6.45) is 47.8. The van der Waals surface area contributed by atoms with E-state index < -0.39 is 0 Å². The highest BCUT2D eigenvalue weighted by Crippen LogP contribution is 2.55. The van der Waals surface area contributed by atoms with Crippen molar-refractivity contribution in [2.45, 2.75) is 170 Å². The summed E-state index contributed by atoms with van der Waals surface area (Å²) in [4.78, 5) is 0. The van der Waals surface area contributed by atoms with Gasteiger partial charge in [0.05, 0.1) is 0 Å². The molecule has 60 heavy (non-hydrogen) atoms. The Morgan fingerprint density at radius 1 is 0.383 bits per heavy atom. The van der Waals surface area contributed by atoms with Crippen LogP contribution < -0.4 is 0 Å². The molecular weight excluding hydrogens is 721 g/mol. The lowest BCUT2D eigenvalue weighted by Crippen LogP contribution is -2.15. The maximum absolute atomic E-state index is 3.90. The van der Waals surface area contributed by atoms with Gasteiger partial charge in [-0.15, -0.1) is 26.3 Å². The minimum atomic E-state index is 0.869. The smallest absolute Gasteiger partial charge is 0.0199 e. The maximum Gasteiger partial charge on any atom is -0.0199 e. The van der Waals surface area contributed by atoms with Gasteiger partial charge in [-0.3, -0.25) is 0 Å². The first-order valence-corrected chi connectivity index (χ1v) is 26.9. The summed E-state index contributed by atoms with van der Waals surface area (Å²) in [6.45, 7) is 29.8. The first-order valence-electron chi connectivity index (χ1n) is 26.9. The van der Waals surface area contributed by atoms with E-state index in [1.165, 1.54) is 128 Å². The van der Waals surface area contributed by atoms with Crippen LogP contribution in [-0.4, -0.2) is 0 Å². The van der Waals surface area contributed by atoms with Gasteiger partial charge in [0.1, 0.15) is 0 Å². The molecule has 0 aromatic rings. The summed E-state index contributed by atoms with van der Waals surface area (Å²) >= 11 is 0. The Bertz CT molecular complexity index is 1330. The van der Waals surface area contributed by atoms with E-state index in [1.807, 2.05) is 0 Å². The lowest BCUT2D eigenvalue weighted by atomic mass is 9.82. The second-order valence-electron chi connectivity index (χ2n) is 24.1. The van der Waals surface area contributed by atoms with Gasteiger partial charge in [-0.05, 0) is 233 Å². The van der Waals surface area contributed by atoms with Crippen LogP contribution in [0.3, 0.4) is 0 Å². The molecule has 0 heteroatoms. The summed E-state index contributed by atoms with van der Waals surface area (Å²) in [5.74, 6) is 21.8. The Kier molecular flexibility index (Phi) is 16.6. The minimum absolute atomic E-state index is 0.869. The average molecular weight is 817 g/mol. The molecule has 0 aromatic carbocycles. The maximum atomic E-state index is 3.90. The van der Waals surface area contributed by atoms with Crippen molar-refractivity contribution < 1.29 is 0 Å². The Balaban J connectivity index is 0.000000109. The third-order valence-corrected chi connectivity index (χ3v) is 20.3. The highest BCUT2D eigenvalue weighted by atomic mass is 14.5. The fourth-order valence-electron chi connectivity index (χ4n) is 17.1. The van der Waals surface area contributed by atoms with Crippen molar-refractivity contribution in [3.63, 3.8) is 0 Å². The molecule has 0 aromatic heterocycles. The number of allylic oxidation sites excluding steroid dienone is 8. The van der Waals surface area contributed by atoms with Gasteiger partial charge in [0.25, 0.3) is 0 Å². The SMILES string of the molecule is C=CC1CC2CC(C)C1C2.C=CC1CC2CC(C)C1C2.C=CC1CC2CC1CC2C.C=CC1CC2CC1CC2C.CCCC1CC2C=CC1C2.CCCC1CC2C=CC1C2. The van der Waals surface area contributed by atoms with E-state index in [0.29, 0.717) is 0 Å². The summed E-state index contributed by atoms with van der Waals surface area (Å²) in [7, 11) is 0. The van der Waals surface area contributed by atoms with Gasteiger partial charge in [-0.2, -0.15) is 0 Å². The van der Waals surface area contributed by atoms with Gasteiger partial charge in [0.15, 0.2) is 0 Å². The predicted octanol–water partition coefficient (Wildman–Crippen LogP) is 17.4. The first-order chi connectivity index (χ1) is 29.0. The van der Waals surface area contributed by atoms with Crippen LogP contribution in [0.25, 0.3) is 0 Å². The third-order valence-electron chi connectivity index (χ3n) is 20.3. The second kappa shape index (κ2) is 21.4. The van der Waals surface area contributed by atoms with Crippen molar-refractivity contribution in [1.29, 1.82) is 0 Å². The summed E-state index contributed by atoms with van der Waals surface area (Å²) < 4.78 is 0. The number of fused-ring (bicyclic) bond motifs is 12. The van der Waals surface area contributed by atoms with Gasteiger partial charge in [-0.1, -0.05) is 116 Å². The van der Waals surface area contributed by atoms with Crippen LogP contribution in [0.4, 0.5) is 0 Å². The molecule has 0 radical (unpaired) electrons. The third kappa shape index (κ3) is 10.9. The van der Waals surface area contributed by atoms with E-state index in [1.54, 1.807) is 0 Å². The molecule has 12 bridgehead atoms. The van der Waals surface area contributed by atoms with Crippen molar-refractivity contribution in [3.05, 3.63) is 74.9 Å². The molecule has 12 aliphatic carbocycles. The van der Waals surface area contributed by atoms with Crippen LogP contribution in [0.2, 0.25) is 0 Å². The van der Waals surface area contributed by atoms with Crippen molar-refractivity contribution in [2.24, 2.45) is 130 Å². The Hall–Kier alpha value is -1.56. The molecule has 10 fully saturated rings. The Morgan fingerprint density at radius 2 is 0.783 bits per heavy atom. The monoisotopic (exact) mass is 817 g/mol. The predicted molar refractivity (Wildman–Crippen MR) is 262 cm³/mol. The van der Waals surface area contributed by atoms with E-state index in [0.717, 1.165) is 130 Å². The number of rotatable bonds is 8. The van der Waals surface area contributed by atoms with Crippen LogP contribution in [0.5, 0.6) is 0 Å². The Labute approximate surface area is 373 Å². The molecule has 0 heterocycles. The summed E-state index contributed by atoms with van der Waals surface area (Å²) in [6, 6.07) is 0. The molecule has 22 unspecified atom stereocenters. The Morgan fingerprint density at radius 3 is 1.00 bits per heavy atom. The van der Waals surface area contributed by atoms with E-state index in [9.17, 15) is 0 Å². The molecule has 0 saturated heterocycles. The lowest BCUT2D eigenvalue weighted by molar-refractivity contribution is 0.297. The van der Waals surface area contributed by atoms with E-state index in [-0.39, 0.29) is 0 Å². The van der Waals surface area contributed by atoms with Gasteiger partial charge in [-0.25, -0.2) is 0 Å². The highest BCUT2D eigenvalue weighted by molar-refractivity contribution is 5.11. The zero-order chi connectivity index (χ0) is 42.5. The number of hydrogen-bond donors (Lipinski definition) is 0. The molecule has 336 valence electrons. The van der Waals surface area contributed by atoms with Crippen molar-refractivity contribution >= 4 is 0 Å². The highest BCUT2D eigenvalue weighted by Gasteiger charge is 2.45. The quantitative estimate of drug-likeness (QED) is 0.214. The van der Waals surface area contributed by atoms with Gasteiger partial charge < -0.3 is 0 Å². The molecule has 0 spiro atoms. The molecule has 12 rings (SSSR count). The average Bonchev–Trinajstić information content (AvgIpc) is 4.08. The van der Waals surface area contributed by atoms with Gasteiger partial charge in [0.2, 0.25) is 0 Å². The van der Waals surface area contributed by atoms with E-state index in [2.05, 4.69) is 116 Å². The minimum Gasteiger partial charge on any atom is -0.103 e. The normalized spacial score (nSPS) is 48.8. The topological polar surface area (TPSA) is 0 Å². The van der Waals surface area contributed by atoms with Crippen LogP contribution in [0.15, 0.2) is 74.9 Å².